The molecule has 0 bridgehead atoms. The molecule has 7 nitrogen and oxygen atoms in total. The van der Waals surface area contributed by atoms with Gasteiger partial charge < -0.3 is 15.0 Å². The Labute approximate surface area is 222 Å². The fourth-order valence-electron chi connectivity index (χ4n) is 4.86. The quantitative estimate of drug-likeness (QED) is 0.311. The lowest BCUT2D eigenvalue weighted by atomic mass is 9.84. The number of amides is 1. The lowest BCUT2D eigenvalue weighted by Crippen LogP contribution is -2.28. The average Bonchev–Trinajstić information content (AvgIpc) is 3.73. The van der Waals surface area contributed by atoms with Gasteiger partial charge in [-0.15, -0.1) is 0 Å². The van der Waals surface area contributed by atoms with Crippen LogP contribution in [-0.2, 0) is 16.8 Å². The van der Waals surface area contributed by atoms with E-state index in [-0.39, 0.29) is 11.9 Å². The number of aromatic nitrogens is 3. The molecule has 2 N–H and O–H groups in total. The van der Waals surface area contributed by atoms with Crippen molar-refractivity contribution >= 4 is 22.8 Å². The van der Waals surface area contributed by atoms with Gasteiger partial charge in [0, 0.05) is 40.8 Å². The number of nitrogens with one attached hydrogen (secondary N) is 1. The van der Waals surface area contributed by atoms with Gasteiger partial charge in [0.15, 0.2) is 0 Å². The molecular formula is C31H34N4O3. The predicted octanol–water partition coefficient (Wildman–Crippen LogP) is 5.83. The van der Waals surface area contributed by atoms with Crippen molar-refractivity contribution in [3.8, 4) is 0 Å². The second-order valence-corrected chi connectivity index (χ2v) is 11.0. The molecule has 196 valence electrons. The molecule has 4 aromatic rings. The molecule has 1 amide bonds. The third kappa shape index (κ3) is 4.80. The van der Waals surface area contributed by atoms with Crippen molar-refractivity contribution in [1.29, 1.82) is 0 Å². The van der Waals surface area contributed by atoms with Crippen LogP contribution >= 0.6 is 0 Å². The number of aryl methyl sites for hydroxylation is 1. The minimum absolute atomic E-state index is 0.139. The van der Waals surface area contributed by atoms with E-state index in [1.165, 1.54) is 0 Å². The van der Waals surface area contributed by atoms with Crippen molar-refractivity contribution in [3.63, 3.8) is 0 Å². The first-order valence-corrected chi connectivity index (χ1v) is 13.1. The van der Waals surface area contributed by atoms with E-state index in [4.69, 9.17) is 4.98 Å². The van der Waals surface area contributed by atoms with Crippen molar-refractivity contribution < 1.29 is 14.7 Å². The van der Waals surface area contributed by atoms with Crippen molar-refractivity contribution in [1.82, 2.24) is 19.9 Å². The molecule has 1 aliphatic rings. The maximum atomic E-state index is 13.2. The summed E-state index contributed by atoms with van der Waals surface area (Å²) in [5.41, 5.74) is 6.64. The highest BCUT2D eigenvalue weighted by molar-refractivity contribution is 5.99. The molecule has 1 fully saturated rings. The molecule has 2 aromatic heterocycles. The fourth-order valence-corrected chi connectivity index (χ4v) is 4.86. The molecule has 1 unspecified atom stereocenters. The molecular weight excluding hydrogens is 476 g/mol. The molecule has 0 saturated heterocycles. The van der Waals surface area contributed by atoms with Gasteiger partial charge in [0.2, 0.25) is 0 Å². The Bertz CT molecular complexity index is 1530. The van der Waals surface area contributed by atoms with Gasteiger partial charge in [0.05, 0.1) is 29.0 Å². The standard InChI is InChI=1S/C31H34N4O3/c1-18-20(3)35(17-21-6-11-24(12-7-21)31(4,5)30(37)38)28-13-10-23(14-25(18)28)29(36)33-19(2)26-15-32-16-27(34-26)22-8-9-22/h6-7,10-16,19,22H,8-9,17H2,1-5H3,(H,33,36)(H,37,38). The minimum atomic E-state index is -0.938. The third-order valence-electron chi connectivity index (χ3n) is 7.91. The normalized spacial score (nSPS) is 14.4. The van der Waals surface area contributed by atoms with E-state index in [9.17, 15) is 14.7 Å². The van der Waals surface area contributed by atoms with E-state index < -0.39 is 11.4 Å². The summed E-state index contributed by atoms with van der Waals surface area (Å²) in [4.78, 5) is 33.8. The number of hydrogen-bond donors (Lipinski definition) is 2. The van der Waals surface area contributed by atoms with Gasteiger partial charge in [0.25, 0.3) is 5.91 Å². The number of aliphatic carboxylic acids is 1. The molecule has 1 saturated carbocycles. The number of fused-ring (bicyclic) bond motifs is 1. The summed E-state index contributed by atoms with van der Waals surface area (Å²) in [6, 6.07) is 13.4. The molecule has 2 aromatic carbocycles. The van der Waals surface area contributed by atoms with Crippen LogP contribution < -0.4 is 5.32 Å². The molecule has 0 spiro atoms. The van der Waals surface area contributed by atoms with Crippen LogP contribution in [0.15, 0.2) is 54.9 Å². The SMILES string of the molecule is Cc1c(C)n(Cc2ccc(C(C)(C)C(=O)O)cc2)c2ccc(C(=O)NC(C)c3cncc(C4CC4)n3)cc12. The van der Waals surface area contributed by atoms with E-state index in [1.807, 2.05) is 55.6 Å². The first kappa shape index (κ1) is 25.6. The Hall–Kier alpha value is -4.00. The summed E-state index contributed by atoms with van der Waals surface area (Å²) in [6.45, 7) is 10.2. The first-order chi connectivity index (χ1) is 18.1. The molecule has 0 radical (unpaired) electrons. The smallest absolute Gasteiger partial charge is 0.313 e. The first-order valence-electron chi connectivity index (χ1n) is 13.1. The van der Waals surface area contributed by atoms with Crippen LogP contribution in [0.2, 0.25) is 0 Å². The number of carboxylic acids is 1. The van der Waals surface area contributed by atoms with E-state index in [0.717, 1.165) is 57.5 Å². The van der Waals surface area contributed by atoms with E-state index in [2.05, 4.69) is 28.7 Å². The Kier molecular flexibility index (Phi) is 6.55. The van der Waals surface area contributed by atoms with E-state index >= 15 is 0 Å². The highest BCUT2D eigenvalue weighted by Gasteiger charge is 2.29. The highest BCUT2D eigenvalue weighted by Crippen LogP contribution is 2.38. The van der Waals surface area contributed by atoms with Crippen LogP contribution in [0.1, 0.15) is 89.7 Å². The lowest BCUT2D eigenvalue weighted by molar-refractivity contribution is -0.142. The van der Waals surface area contributed by atoms with Gasteiger partial charge in [-0.05, 0) is 82.3 Å². The number of benzene rings is 2. The van der Waals surface area contributed by atoms with Crippen molar-refractivity contribution in [2.24, 2.45) is 0 Å². The number of hydrogen-bond acceptors (Lipinski definition) is 4. The monoisotopic (exact) mass is 510 g/mol. The van der Waals surface area contributed by atoms with Crippen molar-refractivity contribution in [3.05, 3.63) is 94.2 Å². The Morgan fingerprint density at radius 2 is 1.82 bits per heavy atom. The second-order valence-electron chi connectivity index (χ2n) is 11.0. The molecule has 1 atom stereocenters. The Balaban J connectivity index is 1.36. The van der Waals surface area contributed by atoms with Crippen LogP contribution in [0.4, 0.5) is 0 Å². The zero-order valence-corrected chi connectivity index (χ0v) is 22.6. The molecule has 7 heteroatoms. The number of carboxylic acid groups (broad SMARTS) is 1. The molecule has 0 aliphatic heterocycles. The molecule has 5 rings (SSSR count). The van der Waals surface area contributed by atoms with Crippen LogP contribution in [0, 0.1) is 13.8 Å². The van der Waals surface area contributed by atoms with Gasteiger partial charge in [-0.2, -0.15) is 0 Å². The average molecular weight is 511 g/mol. The Morgan fingerprint density at radius 1 is 1.11 bits per heavy atom. The highest BCUT2D eigenvalue weighted by atomic mass is 16.4. The van der Waals surface area contributed by atoms with E-state index in [1.54, 1.807) is 20.0 Å². The van der Waals surface area contributed by atoms with Crippen LogP contribution in [0.25, 0.3) is 10.9 Å². The number of carbonyl (C=O) groups is 2. The van der Waals surface area contributed by atoms with Crippen molar-refractivity contribution in [2.45, 2.75) is 71.4 Å². The summed E-state index contributed by atoms with van der Waals surface area (Å²) in [6.07, 6.45) is 5.87. The number of carbonyl (C=O) groups excluding carboxylic acids is 1. The maximum Gasteiger partial charge on any atom is 0.313 e. The number of rotatable bonds is 8. The summed E-state index contributed by atoms with van der Waals surface area (Å²) in [7, 11) is 0. The summed E-state index contributed by atoms with van der Waals surface area (Å²) < 4.78 is 2.24. The van der Waals surface area contributed by atoms with Gasteiger partial charge >= 0.3 is 5.97 Å². The zero-order valence-electron chi connectivity index (χ0n) is 22.6. The lowest BCUT2D eigenvalue weighted by Gasteiger charge is -2.20. The predicted molar refractivity (Wildman–Crippen MR) is 148 cm³/mol. The molecule has 1 aliphatic carbocycles. The van der Waals surface area contributed by atoms with Gasteiger partial charge in [0.1, 0.15) is 0 Å². The molecule has 38 heavy (non-hydrogen) atoms. The van der Waals surface area contributed by atoms with Gasteiger partial charge in [-0.3, -0.25) is 19.6 Å². The maximum absolute atomic E-state index is 13.2. The van der Waals surface area contributed by atoms with Crippen LogP contribution in [0.3, 0.4) is 0 Å². The largest absolute Gasteiger partial charge is 0.481 e. The van der Waals surface area contributed by atoms with Crippen molar-refractivity contribution in [2.75, 3.05) is 0 Å². The minimum Gasteiger partial charge on any atom is -0.481 e. The second kappa shape index (κ2) is 9.71. The third-order valence-corrected chi connectivity index (χ3v) is 7.91. The topological polar surface area (TPSA) is 97.1 Å². The van der Waals surface area contributed by atoms with E-state index in [0.29, 0.717) is 18.0 Å². The summed E-state index contributed by atoms with van der Waals surface area (Å²) in [5, 5.41) is 13.6. The van der Waals surface area contributed by atoms with Gasteiger partial charge in [-0.1, -0.05) is 24.3 Å². The Morgan fingerprint density at radius 3 is 2.47 bits per heavy atom. The summed E-state index contributed by atoms with van der Waals surface area (Å²) >= 11 is 0. The van der Waals surface area contributed by atoms with Crippen LogP contribution in [-0.4, -0.2) is 31.5 Å². The zero-order chi connectivity index (χ0) is 27.2. The molecule has 2 heterocycles. The summed E-state index contributed by atoms with van der Waals surface area (Å²) in [5.74, 6) is -0.473. The fraction of sp³-hybridized carbons (Fsp3) is 0.355. The van der Waals surface area contributed by atoms with Crippen LogP contribution in [0.5, 0.6) is 0 Å². The number of nitrogens with zero attached hydrogens (tertiary/aromatic N) is 3. The van der Waals surface area contributed by atoms with Gasteiger partial charge in [-0.25, -0.2) is 0 Å².